The number of hydrogen-bond acceptors (Lipinski definition) is 6. The van der Waals surface area contributed by atoms with Crippen molar-refractivity contribution < 1.29 is 23.7 Å². The average Bonchev–Trinajstić information content (AvgIpc) is 3.37. The minimum absolute atomic E-state index is 0.601. The van der Waals surface area contributed by atoms with Gasteiger partial charge in [0.05, 0.1) is 66.1 Å². The molecule has 0 radical (unpaired) electrons. The predicted molar refractivity (Wildman–Crippen MR) is 138 cm³/mol. The van der Waals surface area contributed by atoms with E-state index in [0.717, 1.165) is 32.8 Å². The first-order valence-corrected chi connectivity index (χ1v) is 13.9. The van der Waals surface area contributed by atoms with Gasteiger partial charge in [-0.15, -0.1) is 0 Å². The van der Waals surface area contributed by atoms with E-state index in [0.29, 0.717) is 58.8 Å². The molecule has 2 rings (SSSR count). The fourth-order valence-corrected chi connectivity index (χ4v) is 4.33. The third-order valence-electron chi connectivity index (χ3n) is 6.43. The summed E-state index contributed by atoms with van der Waals surface area (Å²) in [7, 11) is 0. The van der Waals surface area contributed by atoms with Crippen molar-refractivity contribution in [2.45, 2.75) is 64.2 Å². The first-order valence-electron chi connectivity index (χ1n) is 13.9. The summed E-state index contributed by atoms with van der Waals surface area (Å²) in [6, 6.07) is 0. The highest BCUT2D eigenvalue weighted by molar-refractivity contribution is 5.17. The van der Waals surface area contributed by atoms with Crippen LogP contribution in [0.1, 0.15) is 64.2 Å². The molecule has 198 valence electrons. The van der Waals surface area contributed by atoms with E-state index in [9.17, 15) is 0 Å². The molecule has 0 aromatic rings. The van der Waals surface area contributed by atoms with Gasteiger partial charge in [0, 0.05) is 13.1 Å². The smallest absolute Gasteiger partial charge is 0.0701 e. The fraction of sp³-hybridized carbons (Fsp3) is 0.857. The molecule has 6 nitrogen and oxygen atoms in total. The van der Waals surface area contributed by atoms with E-state index in [1.807, 2.05) is 0 Å². The van der Waals surface area contributed by atoms with Crippen molar-refractivity contribution in [2.24, 2.45) is 5.92 Å². The summed E-state index contributed by atoms with van der Waals surface area (Å²) in [5, 5.41) is 0. The molecule has 0 N–H and O–H groups in total. The first kappa shape index (κ1) is 29.5. The van der Waals surface area contributed by atoms with Crippen LogP contribution in [0.15, 0.2) is 24.3 Å². The molecule has 0 amide bonds. The van der Waals surface area contributed by atoms with Crippen LogP contribution >= 0.6 is 0 Å². The molecule has 2 aliphatic rings. The number of rotatable bonds is 12. The Bertz CT molecular complexity index is 469. The molecule has 0 saturated carbocycles. The quantitative estimate of drug-likeness (QED) is 0.365. The zero-order valence-electron chi connectivity index (χ0n) is 21.6. The van der Waals surface area contributed by atoms with E-state index < -0.39 is 0 Å². The van der Waals surface area contributed by atoms with Gasteiger partial charge in [-0.2, -0.15) is 0 Å². The van der Waals surface area contributed by atoms with Crippen LogP contribution < -0.4 is 0 Å². The van der Waals surface area contributed by atoms with E-state index in [1.165, 1.54) is 64.2 Å². The molecule has 34 heavy (non-hydrogen) atoms. The van der Waals surface area contributed by atoms with Crippen LogP contribution in [0, 0.1) is 5.92 Å². The van der Waals surface area contributed by atoms with Gasteiger partial charge in [0.25, 0.3) is 0 Å². The highest BCUT2D eigenvalue weighted by Gasteiger charge is 2.06. The van der Waals surface area contributed by atoms with E-state index in [1.54, 1.807) is 0 Å². The lowest BCUT2D eigenvalue weighted by Crippen LogP contribution is -2.32. The summed E-state index contributed by atoms with van der Waals surface area (Å²) in [4.78, 5) is 2.48. The summed E-state index contributed by atoms with van der Waals surface area (Å²) in [5.74, 6) is 0.713. The molecule has 0 unspecified atom stereocenters. The molecule has 0 bridgehead atoms. The lowest BCUT2D eigenvalue weighted by atomic mass is 10.0. The molecule has 0 aromatic carbocycles. The fourth-order valence-electron chi connectivity index (χ4n) is 4.33. The van der Waals surface area contributed by atoms with Crippen LogP contribution in [-0.2, 0) is 23.7 Å². The predicted octanol–water partition coefficient (Wildman–Crippen LogP) is 5.03. The van der Waals surface area contributed by atoms with Crippen molar-refractivity contribution in [3.63, 3.8) is 0 Å². The maximum atomic E-state index is 5.76. The van der Waals surface area contributed by atoms with Crippen LogP contribution in [-0.4, -0.2) is 90.6 Å². The second kappa shape index (κ2) is 22.7. The van der Waals surface area contributed by atoms with Gasteiger partial charge < -0.3 is 23.7 Å². The third-order valence-corrected chi connectivity index (χ3v) is 6.43. The number of allylic oxidation sites excluding steroid dienone is 4. The molecule has 0 aromatic heterocycles. The molecule has 0 spiro atoms. The van der Waals surface area contributed by atoms with Gasteiger partial charge in [0.1, 0.15) is 0 Å². The van der Waals surface area contributed by atoms with Gasteiger partial charge in [-0.25, -0.2) is 0 Å². The minimum Gasteiger partial charge on any atom is -0.378 e. The summed E-state index contributed by atoms with van der Waals surface area (Å²) in [6.07, 6.45) is 22.6. The van der Waals surface area contributed by atoms with E-state index in [-0.39, 0.29) is 0 Å². The normalized spacial score (nSPS) is 20.9. The summed E-state index contributed by atoms with van der Waals surface area (Å²) < 4.78 is 28.1. The van der Waals surface area contributed by atoms with Crippen molar-refractivity contribution in [2.75, 3.05) is 85.7 Å². The van der Waals surface area contributed by atoms with Gasteiger partial charge in [-0.3, -0.25) is 4.90 Å². The number of unbranched alkanes of at least 4 members (excludes halogenated alkanes) is 8. The van der Waals surface area contributed by atoms with Crippen LogP contribution in [0.3, 0.4) is 0 Å². The molecular weight excluding hydrogens is 430 g/mol. The monoisotopic (exact) mass is 481 g/mol. The Labute approximate surface area is 209 Å². The summed E-state index contributed by atoms with van der Waals surface area (Å²) in [6.45, 7) is 9.47. The van der Waals surface area contributed by atoms with Crippen molar-refractivity contribution in [1.82, 2.24) is 4.90 Å². The van der Waals surface area contributed by atoms with Crippen molar-refractivity contribution in [3.8, 4) is 0 Å². The third kappa shape index (κ3) is 17.6. The zero-order valence-corrected chi connectivity index (χ0v) is 21.6. The average molecular weight is 482 g/mol. The summed E-state index contributed by atoms with van der Waals surface area (Å²) >= 11 is 0. The number of hydrogen-bond donors (Lipinski definition) is 0. The van der Waals surface area contributed by atoms with Gasteiger partial charge in [0.15, 0.2) is 0 Å². The maximum absolute atomic E-state index is 5.76. The second-order valence-corrected chi connectivity index (χ2v) is 9.31. The zero-order chi connectivity index (χ0) is 23.8. The van der Waals surface area contributed by atoms with E-state index >= 15 is 0 Å². The Morgan fingerprint density at radius 1 is 0.471 bits per heavy atom. The maximum Gasteiger partial charge on any atom is 0.0701 e. The Morgan fingerprint density at radius 3 is 1.32 bits per heavy atom. The Kier molecular flexibility index (Phi) is 19.7. The highest BCUT2D eigenvalue weighted by atomic mass is 16.6. The van der Waals surface area contributed by atoms with Crippen LogP contribution in [0.25, 0.3) is 0 Å². The van der Waals surface area contributed by atoms with Crippen molar-refractivity contribution in [3.05, 3.63) is 24.3 Å². The molecule has 1 saturated heterocycles. The van der Waals surface area contributed by atoms with Gasteiger partial charge in [-0.1, -0.05) is 75.7 Å². The largest absolute Gasteiger partial charge is 0.378 e. The summed E-state index contributed by atoms with van der Waals surface area (Å²) in [5.41, 5.74) is 0. The van der Waals surface area contributed by atoms with Crippen LogP contribution in [0.4, 0.5) is 0 Å². The van der Waals surface area contributed by atoms with E-state index in [2.05, 4.69) is 29.2 Å². The van der Waals surface area contributed by atoms with Crippen molar-refractivity contribution in [1.29, 1.82) is 0 Å². The van der Waals surface area contributed by atoms with Gasteiger partial charge in [-0.05, 0) is 25.3 Å². The minimum atomic E-state index is 0.601. The topological polar surface area (TPSA) is 49.4 Å². The second-order valence-electron chi connectivity index (χ2n) is 9.31. The molecule has 0 atom stereocenters. The van der Waals surface area contributed by atoms with Crippen LogP contribution in [0.2, 0.25) is 0 Å². The molecule has 1 fully saturated rings. The molecule has 1 heterocycles. The Hall–Kier alpha value is -0.760. The standard InChI is InChI=1S/C28H51NO5/c1(2-4-6-8-12-28-13-9-10-14-28)3-5-7-11-15-29-16-18-30-20-22-32-24-26-34-27-25-33-23-21-31-19-17-29/h9-10,13-14,28H,1-8,11-12,15-27H2. The van der Waals surface area contributed by atoms with E-state index in [4.69, 9.17) is 23.7 Å². The molecule has 1 aliphatic carbocycles. The number of nitrogens with zero attached hydrogens (tertiary/aromatic N) is 1. The SMILES string of the molecule is C1=CC(CCCCCCCCCCCN2CCOCCOCCOCCOCCOCC2)C=C1. The molecular formula is C28H51NO5. The van der Waals surface area contributed by atoms with Crippen molar-refractivity contribution >= 4 is 0 Å². The van der Waals surface area contributed by atoms with Crippen LogP contribution in [0.5, 0.6) is 0 Å². The van der Waals surface area contributed by atoms with Gasteiger partial charge >= 0.3 is 0 Å². The highest BCUT2D eigenvalue weighted by Crippen LogP contribution is 2.18. The van der Waals surface area contributed by atoms with Gasteiger partial charge in [0.2, 0.25) is 0 Å². The lowest BCUT2D eigenvalue weighted by molar-refractivity contribution is -0.0186. The Balaban J connectivity index is 1.44. The number of ether oxygens (including phenoxy) is 5. The molecule has 1 aliphatic heterocycles. The first-order chi connectivity index (χ1) is 16.9. The molecule has 6 heteroatoms. The lowest BCUT2D eigenvalue weighted by Gasteiger charge is -2.22. The Morgan fingerprint density at radius 2 is 0.853 bits per heavy atom.